The van der Waals surface area contributed by atoms with Gasteiger partial charge in [0.15, 0.2) is 0 Å². The van der Waals surface area contributed by atoms with E-state index in [1.165, 1.54) is 11.1 Å². The lowest BCUT2D eigenvalue weighted by molar-refractivity contribution is 0.249. The number of benzene rings is 3. The molecule has 178 valence electrons. The van der Waals surface area contributed by atoms with Crippen molar-refractivity contribution in [1.82, 2.24) is 10.3 Å². The van der Waals surface area contributed by atoms with Crippen LogP contribution in [0.1, 0.15) is 30.2 Å². The monoisotopic (exact) mass is 464 g/mol. The fraction of sp³-hybridized carbons (Fsp3) is 0.233. The topological polar surface area (TPSA) is 77.9 Å². The molecule has 0 aliphatic rings. The zero-order chi connectivity index (χ0) is 24.6. The third-order valence-electron chi connectivity index (χ3n) is 6.14. The van der Waals surface area contributed by atoms with Crippen molar-refractivity contribution in [3.05, 3.63) is 108 Å². The van der Waals surface area contributed by atoms with Crippen LogP contribution >= 0.6 is 0 Å². The Hall–Kier alpha value is -3.99. The molecule has 1 heterocycles. The van der Waals surface area contributed by atoms with Crippen molar-refractivity contribution in [2.24, 2.45) is 5.92 Å². The van der Waals surface area contributed by atoms with Gasteiger partial charge in [-0.25, -0.2) is 4.79 Å². The summed E-state index contributed by atoms with van der Waals surface area (Å²) in [5.74, 6) is 0.0684. The summed E-state index contributed by atoms with van der Waals surface area (Å²) >= 11 is 0. The van der Waals surface area contributed by atoms with Crippen LogP contribution in [0.4, 0.5) is 10.5 Å². The second-order valence-corrected chi connectivity index (χ2v) is 9.13. The van der Waals surface area contributed by atoms with Crippen LogP contribution < -0.4 is 10.6 Å². The number of carbonyl (C=O) groups excluding carboxylic acids is 1. The first kappa shape index (κ1) is 24.1. The van der Waals surface area contributed by atoms with Crippen LogP contribution in [0.25, 0.3) is 10.9 Å². The predicted octanol–water partition coefficient (Wildman–Crippen LogP) is 6.56. The number of urea groups is 1. The normalized spacial score (nSPS) is 11.9. The molecule has 3 N–H and O–H groups in total. The van der Waals surface area contributed by atoms with Gasteiger partial charge in [-0.05, 0) is 49.9 Å². The molecule has 0 spiro atoms. The van der Waals surface area contributed by atoms with Gasteiger partial charge in [0, 0.05) is 35.2 Å². The molecule has 0 fully saturated rings. The summed E-state index contributed by atoms with van der Waals surface area (Å²) in [6, 6.07) is 29.8. The third-order valence-corrected chi connectivity index (χ3v) is 6.14. The van der Waals surface area contributed by atoms with Crippen LogP contribution in [0.5, 0.6) is 0 Å². The first-order chi connectivity index (χ1) is 17.0. The standard InChI is InChI=1S/C30H32N4O/c1-21(33-30(35)34-29-18-22(2)32-28-16-10-9-15-26(28)29)17-27(31)25(19-23-11-5-3-6-12-23)20-24-13-7-4-8-14-24/h3-16,18,21,25,31H,17,19-20H2,1-2H3,(H2,32,33,34,35). The number of nitrogens with zero attached hydrogens (tertiary/aromatic N) is 1. The number of para-hydroxylation sites is 1. The van der Waals surface area contributed by atoms with E-state index >= 15 is 0 Å². The van der Waals surface area contributed by atoms with E-state index in [1.807, 2.05) is 80.6 Å². The van der Waals surface area contributed by atoms with Crippen LogP contribution in [-0.2, 0) is 12.8 Å². The van der Waals surface area contributed by atoms with Crippen LogP contribution in [0.15, 0.2) is 91.0 Å². The lowest BCUT2D eigenvalue weighted by atomic mass is 9.86. The maximum absolute atomic E-state index is 12.8. The predicted molar refractivity (Wildman–Crippen MR) is 144 cm³/mol. The molecular formula is C30H32N4O. The van der Waals surface area contributed by atoms with Crippen molar-refractivity contribution in [3.8, 4) is 0 Å². The summed E-state index contributed by atoms with van der Waals surface area (Å²) in [5.41, 5.74) is 5.52. The van der Waals surface area contributed by atoms with Crippen molar-refractivity contribution in [2.75, 3.05) is 5.32 Å². The molecule has 4 rings (SSSR count). The van der Waals surface area contributed by atoms with Crippen LogP contribution in [0, 0.1) is 18.3 Å². The molecule has 0 aliphatic carbocycles. The van der Waals surface area contributed by atoms with Gasteiger partial charge >= 0.3 is 6.03 Å². The number of amides is 2. The number of anilines is 1. The van der Waals surface area contributed by atoms with E-state index < -0.39 is 0 Å². The first-order valence-electron chi connectivity index (χ1n) is 12.1. The molecule has 2 amide bonds. The number of carbonyl (C=O) groups is 1. The molecule has 3 aromatic carbocycles. The van der Waals surface area contributed by atoms with Crippen LogP contribution in [0.3, 0.4) is 0 Å². The van der Waals surface area contributed by atoms with Crippen molar-refractivity contribution < 1.29 is 4.79 Å². The lowest BCUT2D eigenvalue weighted by Crippen LogP contribution is -2.38. The minimum Gasteiger partial charge on any atom is -0.335 e. The summed E-state index contributed by atoms with van der Waals surface area (Å²) in [6.45, 7) is 3.87. The number of aryl methyl sites for hydroxylation is 1. The highest BCUT2D eigenvalue weighted by Gasteiger charge is 2.20. The number of hydrogen-bond donors (Lipinski definition) is 3. The summed E-state index contributed by atoms with van der Waals surface area (Å²) in [7, 11) is 0. The van der Waals surface area contributed by atoms with E-state index in [2.05, 4.69) is 39.9 Å². The summed E-state index contributed by atoms with van der Waals surface area (Å²) in [6.07, 6.45) is 2.10. The van der Waals surface area contributed by atoms with E-state index in [9.17, 15) is 4.79 Å². The smallest absolute Gasteiger partial charge is 0.319 e. The quantitative estimate of drug-likeness (QED) is 0.245. The highest BCUT2D eigenvalue weighted by molar-refractivity contribution is 6.00. The Morgan fingerprint density at radius 3 is 2.09 bits per heavy atom. The van der Waals surface area contributed by atoms with Gasteiger partial charge in [-0.15, -0.1) is 0 Å². The molecule has 1 atom stereocenters. The number of rotatable bonds is 9. The third kappa shape index (κ3) is 6.76. The Morgan fingerprint density at radius 2 is 1.46 bits per heavy atom. The number of fused-ring (bicyclic) bond motifs is 1. The lowest BCUT2D eigenvalue weighted by Gasteiger charge is -2.22. The molecule has 1 unspecified atom stereocenters. The van der Waals surface area contributed by atoms with Crippen molar-refractivity contribution >= 4 is 28.3 Å². The SMILES string of the molecule is Cc1cc(NC(=O)NC(C)CC(=N)C(Cc2ccccc2)Cc2ccccc2)c2ccccc2n1. The van der Waals surface area contributed by atoms with Crippen LogP contribution in [-0.4, -0.2) is 22.8 Å². The Balaban J connectivity index is 1.41. The highest BCUT2D eigenvalue weighted by Crippen LogP contribution is 2.23. The van der Waals surface area contributed by atoms with E-state index in [4.69, 9.17) is 5.41 Å². The molecule has 5 heteroatoms. The minimum absolute atomic E-state index is 0.0684. The Bertz CT molecular complexity index is 1250. The van der Waals surface area contributed by atoms with Gasteiger partial charge in [0.2, 0.25) is 0 Å². The zero-order valence-corrected chi connectivity index (χ0v) is 20.3. The molecule has 0 radical (unpaired) electrons. The van der Waals surface area contributed by atoms with E-state index in [1.54, 1.807) is 0 Å². The fourth-order valence-corrected chi connectivity index (χ4v) is 4.46. The molecular weight excluding hydrogens is 432 g/mol. The second kappa shape index (κ2) is 11.4. The average Bonchev–Trinajstić information content (AvgIpc) is 2.84. The highest BCUT2D eigenvalue weighted by atomic mass is 16.2. The Labute approximate surface area is 207 Å². The summed E-state index contributed by atoms with van der Waals surface area (Å²) < 4.78 is 0. The number of pyridine rings is 1. The average molecular weight is 465 g/mol. The minimum atomic E-state index is -0.274. The number of hydrogen-bond acceptors (Lipinski definition) is 3. The number of nitrogens with one attached hydrogen (secondary N) is 3. The molecule has 0 saturated heterocycles. The van der Waals surface area contributed by atoms with Gasteiger partial charge in [-0.1, -0.05) is 78.9 Å². The van der Waals surface area contributed by atoms with Gasteiger partial charge in [-0.2, -0.15) is 0 Å². The summed E-state index contributed by atoms with van der Waals surface area (Å²) in [5, 5.41) is 15.8. The van der Waals surface area contributed by atoms with Crippen molar-refractivity contribution in [2.45, 2.75) is 39.2 Å². The molecule has 0 saturated carbocycles. The number of aromatic nitrogens is 1. The molecule has 1 aromatic heterocycles. The fourth-order valence-electron chi connectivity index (χ4n) is 4.46. The Morgan fingerprint density at radius 1 is 0.886 bits per heavy atom. The molecule has 5 nitrogen and oxygen atoms in total. The molecule has 0 bridgehead atoms. The van der Waals surface area contributed by atoms with E-state index in [0.717, 1.165) is 35.1 Å². The largest absolute Gasteiger partial charge is 0.335 e. The van der Waals surface area contributed by atoms with Crippen molar-refractivity contribution in [1.29, 1.82) is 5.41 Å². The zero-order valence-electron chi connectivity index (χ0n) is 20.3. The summed E-state index contributed by atoms with van der Waals surface area (Å²) in [4.78, 5) is 17.3. The van der Waals surface area contributed by atoms with E-state index in [0.29, 0.717) is 12.1 Å². The second-order valence-electron chi connectivity index (χ2n) is 9.13. The van der Waals surface area contributed by atoms with Gasteiger partial charge in [0.1, 0.15) is 0 Å². The van der Waals surface area contributed by atoms with E-state index in [-0.39, 0.29) is 18.0 Å². The van der Waals surface area contributed by atoms with Gasteiger partial charge < -0.3 is 16.0 Å². The Kier molecular flexibility index (Phi) is 7.88. The first-order valence-corrected chi connectivity index (χ1v) is 12.1. The maximum Gasteiger partial charge on any atom is 0.319 e. The molecule has 0 aliphatic heterocycles. The maximum atomic E-state index is 12.8. The van der Waals surface area contributed by atoms with Gasteiger partial charge in [0.25, 0.3) is 0 Å². The van der Waals surface area contributed by atoms with Gasteiger partial charge in [0.05, 0.1) is 11.2 Å². The van der Waals surface area contributed by atoms with Gasteiger partial charge in [-0.3, -0.25) is 4.98 Å². The molecule has 35 heavy (non-hydrogen) atoms. The molecule has 4 aromatic rings. The van der Waals surface area contributed by atoms with Crippen molar-refractivity contribution in [3.63, 3.8) is 0 Å². The van der Waals surface area contributed by atoms with Crippen LogP contribution in [0.2, 0.25) is 0 Å².